The maximum absolute atomic E-state index is 12.6. The van der Waals surface area contributed by atoms with E-state index >= 15 is 0 Å². The lowest BCUT2D eigenvalue weighted by molar-refractivity contribution is -0.130. The number of hydrogen-bond donors (Lipinski definition) is 1. The van der Waals surface area contributed by atoms with E-state index in [0.717, 1.165) is 0 Å². The van der Waals surface area contributed by atoms with Crippen LogP contribution in [0.25, 0.3) is 0 Å². The third kappa shape index (κ3) is 5.25. The van der Waals surface area contributed by atoms with E-state index < -0.39 is 0 Å². The number of amides is 3. The monoisotopic (exact) mass is 348 g/mol. The van der Waals surface area contributed by atoms with E-state index in [0.29, 0.717) is 45.8 Å². The number of piperazine rings is 1. The summed E-state index contributed by atoms with van der Waals surface area (Å²) < 4.78 is 4.93. The number of hydrogen-bond acceptors (Lipinski definition) is 5. The molecule has 0 spiro atoms. The van der Waals surface area contributed by atoms with E-state index in [1.807, 2.05) is 0 Å². The molecule has 2 heterocycles. The Morgan fingerprint density at radius 2 is 1.76 bits per heavy atom. The van der Waals surface area contributed by atoms with Gasteiger partial charge in [-0.2, -0.15) is 0 Å². The number of nitrogens with zero attached hydrogens (tertiary/aromatic N) is 3. The van der Waals surface area contributed by atoms with Crippen LogP contribution < -0.4 is 5.32 Å². The van der Waals surface area contributed by atoms with Crippen molar-refractivity contribution in [3.63, 3.8) is 0 Å². The molecule has 0 aromatic carbocycles. The van der Waals surface area contributed by atoms with Gasteiger partial charge in [0.05, 0.1) is 0 Å². The fraction of sp³-hybridized carbons (Fsp3) is 0.529. The summed E-state index contributed by atoms with van der Waals surface area (Å²) in [7, 11) is 1.61. The van der Waals surface area contributed by atoms with Gasteiger partial charge in [0.15, 0.2) is 0 Å². The molecule has 0 radical (unpaired) electrons. The topological polar surface area (TPSA) is 91.8 Å². The second-order valence-corrected chi connectivity index (χ2v) is 5.81. The van der Waals surface area contributed by atoms with Gasteiger partial charge in [-0.15, -0.1) is 0 Å². The number of rotatable bonds is 6. The van der Waals surface area contributed by atoms with E-state index in [9.17, 15) is 14.4 Å². The van der Waals surface area contributed by atoms with E-state index in [1.165, 1.54) is 6.92 Å². The molecule has 25 heavy (non-hydrogen) atoms. The maximum Gasteiger partial charge on any atom is 0.272 e. The molecule has 8 heteroatoms. The van der Waals surface area contributed by atoms with E-state index in [-0.39, 0.29) is 29.1 Å². The molecule has 1 N–H and O–H groups in total. The first-order valence-electron chi connectivity index (χ1n) is 8.32. The van der Waals surface area contributed by atoms with Gasteiger partial charge in [0.1, 0.15) is 11.4 Å². The zero-order chi connectivity index (χ0) is 18.2. The van der Waals surface area contributed by atoms with Crippen LogP contribution in [-0.4, -0.2) is 78.9 Å². The summed E-state index contributed by atoms with van der Waals surface area (Å²) in [6.07, 6.45) is 0.710. The molecule has 8 nitrogen and oxygen atoms in total. The quantitative estimate of drug-likeness (QED) is 0.739. The second kappa shape index (κ2) is 9.12. The largest absolute Gasteiger partial charge is 0.385 e. The Labute approximate surface area is 147 Å². The summed E-state index contributed by atoms with van der Waals surface area (Å²) >= 11 is 0. The highest BCUT2D eigenvalue weighted by atomic mass is 16.5. The number of nitrogens with one attached hydrogen (secondary N) is 1. The number of ether oxygens (including phenoxy) is 1. The Hall–Kier alpha value is -2.48. The van der Waals surface area contributed by atoms with Crippen molar-refractivity contribution in [2.75, 3.05) is 46.4 Å². The molecule has 1 aromatic rings. The summed E-state index contributed by atoms with van der Waals surface area (Å²) in [5.41, 5.74) is 0.450. The van der Waals surface area contributed by atoms with E-state index in [4.69, 9.17) is 4.74 Å². The Kier molecular flexibility index (Phi) is 6.88. The minimum absolute atomic E-state index is 0.0114. The standard InChI is InChI=1S/C17H24N4O4/c1-13(22)20-8-10-21(11-9-20)17(24)15-6-3-5-14(19-15)16(23)18-7-4-12-25-2/h3,5-6H,4,7-12H2,1-2H3,(H,18,23). The summed E-state index contributed by atoms with van der Waals surface area (Å²) in [5.74, 6) is -0.526. The first kappa shape index (κ1) is 18.9. The molecule has 1 aromatic heterocycles. The van der Waals surface area contributed by atoms with Crippen LogP contribution in [0.4, 0.5) is 0 Å². The average molecular weight is 348 g/mol. The molecule has 1 saturated heterocycles. The smallest absolute Gasteiger partial charge is 0.272 e. The van der Waals surface area contributed by atoms with Crippen molar-refractivity contribution in [3.8, 4) is 0 Å². The van der Waals surface area contributed by atoms with Gasteiger partial charge < -0.3 is 19.9 Å². The Bertz CT molecular complexity index is 627. The number of carbonyl (C=O) groups is 3. The van der Waals surface area contributed by atoms with Crippen LogP contribution in [0.3, 0.4) is 0 Å². The van der Waals surface area contributed by atoms with Gasteiger partial charge in [-0.3, -0.25) is 14.4 Å². The van der Waals surface area contributed by atoms with Crippen molar-refractivity contribution >= 4 is 17.7 Å². The molecule has 0 saturated carbocycles. The SMILES string of the molecule is COCCCNC(=O)c1cccc(C(=O)N2CCN(C(C)=O)CC2)n1. The number of methoxy groups -OCH3 is 1. The minimum Gasteiger partial charge on any atom is -0.385 e. The zero-order valence-electron chi connectivity index (χ0n) is 14.7. The lowest BCUT2D eigenvalue weighted by atomic mass is 10.2. The first-order chi connectivity index (χ1) is 12.0. The molecular formula is C17H24N4O4. The number of pyridine rings is 1. The number of carbonyl (C=O) groups excluding carboxylic acids is 3. The molecule has 0 aliphatic carbocycles. The molecule has 1 aliphatic heterocycles. The van der Waals surface area contributed by atoms with Gasteiger partial charge in [0.25, 0.3) is 11.8 Å². The summed E-state index contributed by atoms with van der Waals surface area (Å²) in [6, 6.07) is 4.83. The van der Waals surface area contributed by atoms with Crippen LogP contribution >= 0.6 is 0 Å². The zero-order valence-corrected chi connectivity index (χ0v) is 14.7. The van der Waals surface area contributed by atoms with E-state index in [2.05, 4.69) is 10.3 Å². The highest BCUT2D eigenvalue weighted by Gasteiger charge is 2.24. The highest BCUT2D eigenvalue weighted by molar-refractivity contribution is 5.96. The third-order valence-electron chi connectivity index (χ3n) is 4.02. The second-order valence-electron chi connectivity index (χ2n) is 5.81. The Morgan fingerprint density at radius 3 is 2.40 bits per heavy atom. The van der Waals surface area contributed by atoms with Gasteiger partial charge in [-0.25, -0.2) is 4.98 Å². The lowest BCUT2D eigenvalue weighted by Gasteiger charge is -2.34. The average Bonchev–Trinajstić information content (AvgIpc) is 2.64. The number of aromatic nitrogens is 1. The maximum atomic E-state index is 12.6. The molecule has 0 atom stereocenters. The van der Waals surface area contributed by atoms with Gasteiger partial charge in [0, 0.05) is 53.4 Å². The van der Waals surface area contributed by atoms with Gasteiger partial charge in [-0.1, -0.05) is 6.07 Å². The molecule has 136 valence electrons. The third-order valence-corrected chi connectivity index (χ3v) is 4.02. The predicted octanol–water partition coefficient (Wildman–Crippen LogP) is 0.152. The molecule has 1 fully saturated rings. The van der Waals surface area contributed by atoms with Crippen LogP contribution in [0.5, 0.6) is 0 Å². The van der Waals surface area contributed by atoms with Crippen LogP contribution in [0.15, 0.2) is 18.2 Å². The molecule has 2 rings (SSSR count). The van der Waals surface area contributed by atoms with Crippen molar-refractivity contribution in [2.24, 2.45) is 0 Å². The van der Waals surface area contributed by atoms with Crippen molar-refractivity contribution in [2.45, 2.75) is 13.3 Å². The van der Waals surface area contributed by atoms with Crippen LogP contribution in [0.2, 0.25) is 0 Å². The lowest BCUT2D eigenvalue weighted by Crippen LogP contribution is -2.50. The first-order valence-corrected chi connectivity index (χ1v) is 8.32. The predicted molar refractivity (Wildman–Crippen MR) is 91.2 cm³/mol. The van der Waals surface area contributed by atoms with Gasteiger partial charge in [-0.05, 0) is 18.6 Å². The van der Waals surface area contributed by atoms with E-state index in [1.54, 1.807) is 35.1 Å². The van der Waals surface area contributed by atoms with Crippen LogP contribution in [0, 0.1) is 0 Å². The normalized spacial score (nSPS) is 14.3. The van der Waals surface area contributed by atoms with Crippen molar-refractivity contribution < 1.29 is 19.1 Å². The molecule has 0 unspecified atom stereocenters. The van der Waals surface area contributed by atoms with Crippen LogP contribution in [0.1, 0.15) is 34.3 Å². The molecule has 0 bridgehead atoms. The Morgan fingerprint density at radius 1 is 1.12 bits per heavy atom. The van der Waals surface area contributed by atoms with Gasteiger partial charge >= 0.3 is 0 Å². The van der Waals surface area contributed by atoms with Gasteiger partial charge in [0.2, 0.25) is 5.91 Å². The summed E-state index contributed by atoms with van der Waals surface area (Å²) in [5, 5.41) is 2.75. The minimum atomic E-state index is -0.313. The molecule has 3 amide bonds. The summed E-state index contributed by atoms with van der Waals surface area (Å²) in [6.45, 7) is 4.54. The summed E-state index contributed by atoms with van der Waals surface area (Å²) in [4.78, 5) is 43.6. The molecular weight excluding hydrogens is 324 g/mol. The van der Waals surface area contributed by atoms with Crippen LogP contribution in [-0.2, 0) is 9.53 Å². The van der Waals surface area contributed by atoms with Crippen molar-refractivity contribution in [1.29, 1.82) is 0 Å². The Balaban J connectivity index is 1.95. The fourth-order valence-electron chi connectivity index (χ4n) is 2.58. The van der Waals surface area contributed by atoms with Crippen molar-refractivity contribution in [1.82, 2.24) is 20.1 Å². The van der Waals surface area contributed by atoms with Crippen molar-refractivity contribution in [3.05, 3.63) is 29.6 Å². The molecule has 1 aliphatic rings. The fourth-order valence-corrected chi connectivity index (χ4v) is 2.58. The highest BCUT2D eigenvalue weighted by Crippen LogP contribution is 2.08.